The molecular formula is C13H16N2O3. The Kier molecular flexibility index (Phi) is 3.62. The first kappa shape index (κ1) is 12.6. The van der Waals surface area contributed by atoms with E-state index in [9.17, 15) is 9.59 Å². The summed E-state index contributed by atoms with van der Waals surface area (Å²) in [5, 5.41) is 0. The first-order valence-electron chi connectivity index (χ1n) is 5.95. The minimum Gasteiger partial charge on any atom is -0.494 e. The minimum absolute atomic E-state index is 0.207. The predicted molar refractivity (Wildman–Crippen MR) is 66.2 cm³/mol. The van der Waals surface area contributed by atoms with Crippen LogP contribution in [0.5, 0.6) is 5.75 Å². The van der Waals surface area contributed by atoms with Crippen molar-refractivity contribution in [2.24, 2.45) is 5.73 Å². The van der Waals surface area contributed by atoms with Crippen LogP contribution in [0.1, 0.15) is 23.7 Å². The normalized spacial score (nSPS) is 19.1. The third-order valence-electron chi connectivity index (χ3n) is 2.81. The summed E-state index contributed by atoms with van der Waals surface area (Å²) in [5.41, 5.74) is 6.13. The van der Waals surface area contributed by atoms with E-state index in [1.54, 1.807) is 24.3 Å². The van der Waals surface area contributed by atoms with Crippen molar-refractivity contribution in [3.8, 4) is 5.75 Å². The Balaban J connectivity index is 2.11. The van der Waals surface area contributed by atoms with Gasteiger partial charge in [0.25, 0.3) is 5.91 Å². The Morgan fingerprint density at radius 3 is 2.61 bits per heavy atom. The zero-order valence-corrected chi connectivity index (χ0v) is 10.3. The summed E-state index contributed by atoms with van der Waals surface area (Å²) >= 11 is 0. The first-order valence-corrected chi connectivity index (χ1v) is 5.95. The van der Waals surface area contributed by atoms with Gasteiger partial charge in [-0.05, 0) is 31.2 Å². The van der Waals surface area contributed by atoms with Gasteiger partial charge in [-0.15, -0.1) is 0 Å². The Hall–Kier alpha value is -1.88. The molecule has 18 heavy (non-hydrogen) atoms. The fourth-order valence-electron chi connectivity index (χ4n) is 1.95. The Morgan fingerprint density at radius 1 is 1.44 bits per heavy atom. The number of imide groups is 1. The molecule has 0 radical (unpaired) electrons. The van der Waals surface area contributed by atoms with Gasteiger partial charge in [0.2, 0.25) is 5.91 Å². The largest absolute Gasteiger partial charge is 0.494 e. The van der Waals surface area contributed by atoms with E-state index in [0.29, 0.717) is 24.5 Å². The number of hydrogen-bond acceptors (Lipinski definition) is 4. The first-order chi connectivity index (χ1) is 8.61. The van der Waals surface area contributed by atoms with E-state index in [1.165, 1.54) is 4.90 Å². The lowest BCUT2D eigenvalue weighted by molar-refractivity contribution is -0.125. The molecule has 0 aromatic heterocycles. The van der Waals surface area contributed by atoms with Gasteiger partial charge in [-0.2, -0.15) is 0 Å². The minimum atomic E-state index is -0.295. The standard InChI is InChI=1S/C13H16N2O3/c1-2-18-11-5-3-9(4-6-11)13(17)15-8-10(14)7-12(15)16/h3-6,10H,2,7-8,14H2,1H3. The van der Waals surface area contributed by atoms with Crippen molar-refractivity contribution in [2.75, 3.05) is 13.2 Å². The number of carbonyl (C=O) groups is 2. The number of carbonyl (C=O) groups excluding carboxylic acids is 2. The summed E-state index contributed by atoms with van der Waals surface area (Å²) < 4.78 is 5.29. The van der Waals surface area contributed by atoms with Gasteiger partial charge in [0.15, 0.2) is 0 Å². The summed E-state index contributed by atoms with van der Waals surface area (Å²) in [6.07, 6.45) is 0.239. The highest BCUT2D eigenvalue weighted by molar-refractivity contribution is 6.05. The summed E-state index contributed by atoms with van der Waals surface area (Å²) in [6, 6.07) is 6.51. The van der Waals surface area contributed by atoms with Gasteiger partial charge in [-0.25, -0.2) is 0 Å². The molecule has 96 valence electrons. The third kappa shape index (κ3) is 2.51. The summed E-state index contributed by atoms with van der Waals surface area (Å²) in [6.45, 7) is 2.76. The van der Waals surface area contributed by atoms with Crippen molar-refractivity contribution in [3.63, 3.8) is 0 Å². The maximum Gasteiger partial charge on any atom is 0.260 e. The molecule has 5 heteroatoms. The maximum atomic E-state index is 12.1. The molecule has 5 nitrogen and oxygen atoms in total. The molecule has 1 atom stereocenters. The quantitative estimate of drug-likeness (QED) is 0.802. The smallest absolute Gasteiger partial charge is 0.260 e. The van der Waals surface area contributed by atoms with Crippen molar-refractivity contribution >= 4 is 11.8 Å². The van der Waals surface area contributed by atoms with Gasteiger partial charge in [-0.1, -0.05) is 0 Å². The highest BCUT2D eigenvalue weighted by Gasteiger charge is 2.32. The van der Waals surface area contributed by atoms with Crippen LogP contribution in [-0.4, -0.2) is 35.9 Å². The number of ether oxygens (including phenoxy) is 1. The third-order valence-corrected chi connectivity index (χ3v) is 2.81. The molecule has 1 aliphatic rings. The number of nitrogens with zero attached hydrogens (tertiary/aromatic N) is 1. The topological polar surface area (TPSA) is 72.6 Å². The molecule has 0 saturated carbocycles. The molecule has 1 aromatic rings. The highest BCUT2D eigenvalue weighted by Crippen LogP contribution is 2.17. The average molecular weight is 248 g/mol. The van der Waals surface area contributed by atoms with Crippen LogP contribution in [0.2, 0.25) is 0 Å². The molecule has 1 aromatic carbocycles. The molecule has 2 amide bonds. The SMILES string of the molecule is CCOc1ccc(C(=O)N2CC(N)CC2=O)cc1. The number of likely N-dealkylation sites (tertiary alicyclic amines) is 1. The highest BCUT2D eigenvalue weighted by atomic mass is 16.5. The van der Waals surface area contributed by atoms with Crippen molar-refractivity contribution in [1.29, 1.82) is 0 Å². The summed E-state index contributed by atoms with van der Waals surface area (Å²) in [5.74, 6) is 0.205. The summed E-state index contributed by atoms with van der Waals surface area (Å²) in [7, 11) is 0. The lowest BCUT2D eigenvalue weighted by Gasteiger charge is -2.14. The average Bonchev–Trinajstić information content (AvgIpc) is 2.69. The number of nitrogens with two attached hydrogens (primary N) is 1. The zero-order valence-electron chi connectivity index (χ0n) is 10.3. The second-order valence-electron chi connectivity index (χ2n) is 4.23. The van der Waals surface area contributed by atoms with E-state index < -0.39 is 0 Å². The van der Waals surface area contributed by atoms with Gasteiger partial charge >= 0.3 is 0 Å². The van der Waals surface area contributed by atoms with E-state index in [2.05, 4.69) is 0 Å². The van der Waals surface area contributed by atoms with Gasteiger partial charge < -0.3 is 10.5 Å². The second kappa shape index (κ2) is 5.18. The van der Waals surface area contributed by atoms with Crippen LogP contribution in [0.4, 0.5) is 0 Å². The Morgan fingerprint density at radius 2 is 2.11 bits per heavy atom. The lowest BCUT2D eigenvalue weighted by Crippen LogP contribution is -2.34. The molecule has 0 bridgehead atoms. The predicted octanol–water partition coefficient (Wildman–Crippen LogP) is 0.785. The zero-order chi connectivity index (χ0) is 13.1. The molecule has 0 aliphatic carbocycles. The molecule has 1 heterocycles. The Bertz CT molecular complexity index is 456. The van der Waals surface area contributed by atoms with Gasteiger partial charge in [0, 0.05) is 24.6 Å². The van der Waals surface area contributed by atoms with E-state index in [0.717, 1.165) is 0 Å². The van der Waals surface area contributed by atoms with Crippen molar-refractivity contribution in [3.05, 3.63) is 29.8 Å². The molecule has 1 fully saturated rings. The molecule has 1 aliphatic heterocycles. The maximum absolute atomic E-state index is 12.1. The molecule has 2 N–H and O–H groups in total. The summed E-state index contributed by atoms with van der Waals surface area (Å²) in [4.78, 5) is 24.9. The lowest BCUT2D eigenvalue weighted by atomic mass is 10.2. The van der Waals surface area contributed by atoms with Crippen molar-refractivity contribution in [2.45, 2.75) is 19.4 Å². The molecule has 1 saturated heterocycles. The number of rotatable bonds is 3. The van der Waals surface area contributed by atoms with Crippen molar-refractivity contribution in [1.82, 2.24) is 4.90 Å². The molecular weight excluding hydrogens is 232 g/mol. The van der Waals surface area contributed by atoms with Crippen LogP contribution in [0.25, 0.3) is 0 Å². The fourth-order valence-corrected chi connectivity index (χ4v) is 1.95. The molecule has 2 rings (SSSR count). The Labute approximate surface area is 106 Å². The molecule has 0 spiro atoms. The van der Waals surface area contributed by atoms with Gasteiger partial charge in [0.05, 0.1) is 6.61 Å². The number of amides is 2. The second-order valence-corrected chi connectivity index (χ2v) is 4.23. The van der Waals surface area contributed by atoms with E-state index >= 15 is 0 Å². The van der Waals surface area contributed by atoms with Crippen LogP contribution < -0.4 is 10.5 Å². The van der Waals surface area contributed by atoms with Crippen LogP contribution in [-0.2, 0) is 4.79 Å². The van der Waals surface area contributed by atoms with E-state index in [-0.39, 0.29) is 24.3 Å². The van der Waals surface area contributed by atoms with E-state index in [1.807, 2.05) is 6.92 Å². The van der Waals surface area contributed by atoms with Crippen LogP contribution in [0.3, 0.4) is 0 Å². The van der Waals surface area contributed by atoms with Gasteiger partial charge in [0.1, 0.15) is 5.75 Å². The number of benzene rings is 1. The fraction of sp³-hybridized carbons (Fsp3) is 0.385. The van der Waals surface area contributed by atoms with Crippen LogP contribution in [0.15, 0.2) is 24.3 Å². The van der Waals surface area contributed by atoms with Crippen LogP contribution in [0, 0.1) is 0 Å². The van der Waals surface area contributed by atoms with E-state index in [4.69, 9.17) is 10.5 Å². The van der Waals surface area contributed by atoms with Crippen LogP contribution >= 0.6 is 0 Å². The number of hydrogen-bond donors (Lipinski definition) is 1. The monoisotopic (exact) mass is 248 g/mol. The molecule has 1 unspecified atom stereocenters. The van der Waals surface area contributed by atoms with Gasteiger partial charge in [-0.3, -0.25) is 14.5 Å². The van der Waals surface area contributed by atoms with Crippen molar-refractivity contribution < 1.29 is 14.3 Å².